The number of fused-ring (bicyclic) bond motifs is 1. The fraction of sp³-hybridized carbons (Fsp3) is 0.781. The maximum atomic E-state index is 14.1. The second kappa shape index (κ2) is 13.1. The Labute approximate surface area is 208 Å². The third-order valence-electron chi connectivity index (χ3n) is 9.97. The summed E-state index contributed by atoms with van der Waals surface area (Å²) >= 11 is 0. The summed E-state index contributed by atoms with van der Waals surface area (Å²) in [5.41, 5.74) is 1.29. The molecule has 188 valence electrons. The van der Waals surface area contributed by atoms with Crippen LogP contribution in [0, 0.1) is 46.7 Å². The molecule has 3 saturated carbocycles. The summed E-state index contributed by atoms with van der Waals surface area (Å²) in [6.07, 6.45) is 25.6. The van der Waals surface area contributed by atoms with Crippen LogP contribution in [0.1, 0.15) is 140 Å². The largest absolute Gasteiger partial charge is 0.206 e. The summed E-state index contributed by atoms with van der Waals surface area (Å²) in [4.78, 5) is 0. The van der Waals surface area contributed by atoms with E-state index in [9.17, 15) is 4.39 Å². The molecule has 0 bridgehead atoms. The maximum Gasteiger partial charge on any atom is 0.141 e. The van der Waals surface area contributed by atoms with Crippen molar-refractivity contribution in [2.45, 2.75) is 128 Å². The molecule has 1 aromatic rings. The van der Waals surface area contributed by atoms with Gasteiger partial charge >= 0.3 is 0 Å². The van der Waals surface area contributed by atoms with Crippen LogP contribution in [0.3, 0.4) is 0 Å². The molecule has 0 aliphatic heterocycles. The zero-order valence-electron chi connectivity index (χ0n) is 21.7. The van der Waals surface area contributed by atoms with Crippen molar-refractivity contribution in [3.8, 4) is 6.07 Å². The van der Waals surface area contributed by atoms with Gasteiger partial charge in [0.25, 0.3) is 0 Å². The molecule has 3 fully saturated rings. The molecule has 0 amide bonds. The van der Waals surface area contributed by atoms with Crippen LogP contribution < -0.4 is 0 Å². The first-order chi connectivity index (χ1) is 16.7. The molecule has 34 heavy (non-hydrogen) atoms. The Kier molecular flexibility index (Phi) is 9.90. The summed E-state index contributed by atoms with van der Waals surface area (Å²) in [7, 11) is 0. The van der Waals surface area contributed by atoms with Crippen LogP contribution >= 0.6 is 0 Å². The minimum absolute atomic E-state index is 0.175. The van der Waals surface area contributed by atoms with Crippen molar-refractivity contribution in [3.05, 3.63) is 35.1 Å². The molecule has 0 radical (unpaired) electrons. The van der Waals surface area contributed by atoms with E-state index in [-0.39, 0.29) is 11.4 Å². The molecule has 1 aromatic carbocycles. The van der Waals surface area contributed by atoms with Gasteiger partial charge in [-0.15, -0.1) is 0 Å². The molecule has 0 N–H and O–H groups in total. The highest BCUT2D eigenvalue weighted by Gasteiger charge is 2.36. The van der Waals surface area contributed by atoms with Gasteiger partial charge in [-0.1, -0.05) is 96.5 Å². The van der Waals surface area contributed by atoms with Gasteiger partial charge in [-0.2, -0.15) is 5.26 Å². The van der Waals surface area contributed by atoms with Crippen molar-refractivity contribution in [2.24, 2.45) is 29.6 Å². The fourth-order valence-electron chi connectivity index (χ4n) is 7.74. The highest BCUT2D eigenvalue weighted by atomic mass is 19.1. The van der Waals surface area contributed by atoms with Gasteiger partial charge in [0.2, 0.25) is 0 Å². The Morgan fingerprint density at radius 1 is 0.765 bits per heavy atom. The first kappa shape index (κ1) is 25.7. The molecule has 1 nitrogen and oxygen atoms in total. The summed E-state index contributed by atoms with van der Waals surface area (Å²) < 4.78 is 14.1. The van der Waals surface area contributed by atoms with E-state index in [2.05, 4.69) is 6.92 Å². The number of hydrogen-bond acceptors (Lipinski definition) is 1. The van der Waals surface area contributed by atoms with E-state index in [1.165, 1.54) is 116 Å². The standard InChI is InChI=1S/C32H48FN/c1-2-3-4-5-6-7-24-8-10-25(11-9-24)12-13-26-14-15-28-21-29(17-16-27(28)20-26)30-18-19-31(23-34)32(33)22-30/h18-19,22,24-29H,2-17,20-21H2,1H3. The summed E-state index contributed by atoms with van der Waals surface area (Å²) in [6.45, 7) is 2.31. The van der Waals surface area contributed by atoms with Gasteiger partial charge < -0.3 is 0 Å². The van der Waals surface area contributed by atoms with Crippen molar-refractivity contribution in [1.82, 2.24) is 0 Å². The third-order valence-corrected chi connectivity index (χ3v) is 9.97. The van der Waals surface area contributed by atoms with Crippen LogP contribution in [0.15, 0.2) is 18.2 Å². The predicted octanol–water partition coefficient (Wildman–Crippen LogP) is 9.94. The molecule has 3 aliphatic rings. The highest BCUT2D eigenvalue weighted by Crippen LogP contribution is 2.49. The lowest BCUT2D eigenvalue weighted by Gasteiger charge is -2.43. The molecular formula is C32H48FN. The van der Waals surface area contributed by atoms with E-state index < -0.39 is 0 Å². The van der Waals surface area contributed by atoms with Gasteiger partial charge in [-0.3, -0.25) is 0 Å². The van der Waals surface area contributed by atoms with Crippen molar-refractivity contribution < 1.29 is 4.39 Å². The van der Waals surface area contributed by atoms with Crippen molar-refractivity contribution in [2.75, 3.05) is 0 Å². The maximum absolute atomic E-state index is 14.1. The molecule has 0 aromatic heterocycles. The Morgan fingerprint density at radius 2 is 1.41 bits per heavy atom. The Balaban J connectivity index is 1.13. The SMILES string of the molecule is CCCCCCCC1CCC(CCC2CCC3CC(c4ccc(C#N)c(F)c4)CCC3C2)CC1. The lowest BCUT2D eigenvalue weighted by molar-refractivity contribution is 0.108. The molecular weight excluding hydrogens is 417 g/mol. The summed E-state index contributed by atoms with van der Waals surface area (Å²) in [5.74, 6) is 4.89. The van der Waals surface area contributed by atoms with Gasteiger partial charge in [0.05, 0.1) is 5.56 Å². The lowest BCUT2D eigenvalue weighted by atomic mass is 9.63. The van der Waals surface area contributed by atoms with Crippen molar-refractivity contribution in [1.29, 1.82) is 5.26 Å². The van der Waals surface area contributed by atoms with E-state index in [1.54, 1.807) is 12.1 Å². The Bertz CT molecular complexity index is 787. The van der Waals surface area contributed by atoms with E-state index in [1.807, 2.05) is 12.1 Å². The van der Waals surface area contributed by atoms with Gasteiger partial charge in [-0.05, 0) is 85.3 Å². The van der Waals surface area contributed by atoms with Crippen LogP contribution in [0.2, 0.25) is 0 Å². The third kappa shape index (κ3) is 7.08. The normalized spacial score (nSPS) is 31.6. The van der Waals surface area contributed by atoms with E-state index >= 15 is 0 Å². The van der Waals surface area contributed by atoms with E-state index in [4.69, 9.17) is 5.26 Å². The molecule has 3 aliphatic carbocycles. The van der Waals surface area contributed by atoms with Crippen LogP contribution in [-0.4, -0.2) is 0 Å². The van der Waals surface area contributed by atoms with Crippen molar-refractivity contribution in [3.63, 3.8) is 0 Å². The molecule has 4 unspecified atom stereocenters. The van der Waals surface area contributed by atoms with Crippen LogP contribution in [-0.2, 0) is 0 Å². The summed E-state index contributed by atoms with van der Waals surface area (Å²) in [6, 6.07) is 7.26. The van der Waals surface area contributed by atoms with Crippen LogP contribution in [0.5, 0.6) is 0 Å². The monoisotopic (exact) mass is 465 g/mol. The van der Waals surface area contributed by atoms with Gasteiger partial charge in [0.15, 0.2) is 0 Å². The van der Waals surface area contributed by atoms with Crippen LogP contribution in [0.25, 0.3) is 0 Å². The number of unbranched alkanes of at least 4 members (excludes halogenated alkanes) is 4. The molecule has 4 rings (SSSR count). The number of rotatable bonds is 10. The zero-order chi connectivity index (χ0) is 23.8. The molecule has 0 heterocycles. The van der Waals surface area contributed by atoms with Gasteiger partial charge in [0, 0.05) is 0 Å². The minimum Gasteiger partial charge on any atom is -0.206 e. The number of nitrogens with zero attached hydrogens (tertiary/aromatic N) is 1. The molecule has 2 heteroatoms. The van der Waals surface area contributed by atoms with Crippen LogP contribution in [0.4, 0.5) is 4.39 Å². The van der Waals surface area contributed by atoms with Crippen molar-refractivity contribution >= 4 is 0 Å². The number of halogens is 1. The van der Waals surface area contributed by atoms with E-state index in [0.717, 1.165) is 35.2 Å². The Hall–Kier alpha value is -1.36. The smallest absolute Gasteiger partial charge is 0.141 e. The molecule has 4 atom stereocenters. The predicted molar refractivity (Wildman–Crippen MR) is 140 cm³/mol. The highest BCUT2D eigenvalue weighted by molar-refractivity contribution is 5.35. The second-order valence-electron chi connectivity index (χ2n) is 12.2. The topological polar surface area (TPSA) is 23.8 Å². The van der Waals surface area contributed by atoms with Gasteiger partial charge in [0.1, 0.15) is 11.9 Å². The number of hydrogen-bond donors (Lipinski definition) is 0. The minimum atomic E-state index is -0.341. The molecule has 0 saturated heterocycles. The molecule has 0 spiro atoms. The number of nitriles is 1. The van der Waals surface area contributed by atoms with E-state index in [0.29, 0.717) is 5.92 Å². The number of benzene rings is 1. The average molecular weight is 466 g/mol. The second-order valence-corrected chi connectivity index (χ2v) is 12.2. The fourth-order valence-corrected chi connectivity index (χ4v) is 7.74. The van der Waals surface area contributed by atoms with Gasteiger partial charge in [-0.25, -0.2) is 4.39 Å². The first-order valence-corrected chi connectivity index (χ1v) is 14.9. The quantitative estimate of drug-likeness (QED) is 0.315. The lowest BCUT2D eigenvalue weighted by Crippen LogP contribution is -2.30. The summed E-state index contributed by atoms with van der Waals surface area (Å²) in [5, 5.41) is 9.00. The zero-order valence-corrected chi connectivity index (χ0v) is 21.7. The first-order valence-electron chi connectivity index (χ1n) is 14.9. The average Bonchev–Trinajstić information content (AvgIpc) is 2.87. The Morgan fingerprint density at radius 3 is 2.15 bits per heavy atom.